The SMILES string of the molecule is CCN(C(=O)Nc1ccccc1N1CCN(C)CC1)[C@@H]1COC[C@H]1O. The number of piperazine rings is 1. The van der Waals surface area contributed by atoms with Gasteiger partial charge >= 0.3 is 6.03 Å². The third kappa shape index (κ3) is 4.05. The fraction of sp³-hybridized carbons (Fsp3) is 0.611. The Morgan fingerprint density at radius 1 is 1.28 bits per heavy atom. The molecule has 0 spiro atoms. The summed E-state index contributed by atoms with van der Waals surface area (Å²) >= 11 is 0. The van der Waals surface area contributed by atoms with E-state index in [1.165, 1.54) is 0 Å². The van der Waals surface area contributed by atoms with Crippen molar-refractivity contribution in [1.29, 1.82) is 0 Å². The van der Waals surface area contributed by atoms with Crippen LogP contribution in [0.1, 0.15) is 6.92 Å². The van der Waals surface area contributed by atoms with Crippen LogP contribution >= 0.6 is 0 Å². The molecule has 7 heteroatoms. The molecule has 1 aromatic rings. The fourth-order valence-electron chi connectivity index (χ4n) is 3.45. The number of nitrogens with one attached hydrogen (secondary N) is 1. The van der Waals surface area contributed by atoms with Gasteiger partial charge in [-0.2, -0.15) is 0 Å². The van der Waals surface area contributed by atoms with E-state index in [0.717, 1.165) is 37.6 Å². The molecular weight excluding hydrogens is 320 g/mol. The van der Waals surface area contributed by atoms with Crippen LogP contribution in [0.3, 0.4) is 0 Å². The highest BCUT2D eigenvalue weighted by molar-refractivity contribution is 5.93. The number of ether oxygens (including phenoxy) is 1. The van der Waals surface area contributed by atoms with E-state index in [4.69, 9.17) is 4.74 Å². The van der Waals surface area contributed by atoms with E-state index in [9.17, 15) is 9.90 Å². The van der Waals surface area contributed by atoms with E-state index in [-0.39, 0.29) is 18.7 Å². The minimum atomic E-state index is -0.626. The monoisotopic (exact) mass is 348 g/mol. The van der Waals surface area contributed by atoms with Crippen molar-refractivity contribution in [2.45, 2.75) is 19.1 Å². The Hall–Kier alpha value is -1.83. The minimum Gasteiger partial charge on any atom is -0.388 e. The summed E-state index contributed by atoms with van der Waals surface area (Å²) in [6.45, 7) is 7.00. The van der Waals surface area contributed by atoms with Crippen molar-refractivity contribution in [3.8, 4) is 0 Å². The predicted molar refractivity (Wildman–Crippen MR) is 98.2 cm³/mol. The third-order valence-electron chi connectivity index (χ3n) is 5.01. The Labute approximate surface area is 149 Å². The molecule has 0 saturated carbocycles. The van der Waals surface area contributed by atoms with Crippen LogP contribution in [0.2, 0.25) is 0 Å². The molecule has 2 heterocycles. The number of para-hydroxylation sites is 2. The molecule has 0 radical (unpaired) electrons. The Bertz CT molecular complexity index is 589. The lowest BCUT2D eigenvalue weighted by Gasteiger charge is -2.35. The lowest BCUT2D eigenvalue weighted by atomic mass is 10.2. The first-order valence-corrected chi connectivity index (χ1v) is 8.96. The van der Waals surface area contributed by atoms with Gasteiger partial charge in [0, 0.05) is 32.7 Å². The van der Waals surface area contributed by atoms with Crippen LogP contribution < -0.4 is 10.2 Å². The van der Waals surface area contributed by atoms with E-state index in [1.807, 2.05) is 31.2 Å². The molecule has 3 rings (SSSR count). The molecule has 25 heavy (non-hydrogen) atoms. The maximum atomic E-state index is 12.8. The Kier molecular flexibility index (Phi) is 5.78. The summed E-state index contributed by atoms with van der Waals surface area (Å²) in [5, 5.41) is 13.1. The van der Waals surface area contributed by atoms with E-state index >= 15 is 0 Å². The number of likely N-dealkylation sites (N-methyl/N-ethyl adjacent to an activating group) is 2. The van der Waals surface area contributed by atoms with Crippen molar-refractivity contribution < 1.29 is 14.6 Å². The number of amides is 2. The molecule has 2 atom stereocenters. The quantitative estimate of drug-likeness (QED) is 0.851. The number of anilines is 2. The van der Waals surface area contributed by atoms with E-state index in [1.54, 1.807) is 4.90 Å². The number of benzene rings is 1. The van der Waals surface area contributed by atoms with Gasteiger partial charge in [0.1, 0.15) is 0 Å². The van der Waals surface area contributed by atoms with Crippen molar-refractivity contribution in [2.75, 3.05) is 63.2 Å². The second-order valence-electron chi connectivity index (χ2n) is 6.70. The van der Waals surface area contributed by atoms with Gasteiger partial charge < -0.3 is 29.9 Å². The van der Waals surface area contributed by atoms with Crippen LogP contribution in [-0.2, 0) is 4.74 Å². The predicted octanol–water partition coefficient (Wildman–Crippen LogP) is 1.05. The molecule has 0 aromatic heterocycles. The second kappa shape index (κ2) is 8.03. The van der Waals surface area contributed by atoms with E-state index in [0.29, 0.717) is 13.2 Å². The number of aliphatic hydroxyl groups excluding tert-OH is 1. The minimum absolute atomic E-state index is 0.196. The average molecular weight is 348 g/mol. The van der Waals surface area contributed by atoms with Crippen LogP contribution in [0.25, 0.3) is 0 Å². The first-order chi connectivity index (χ1) is 12.1. The summed E-state index contributed by atoms with van der Waals surface area (Å²) in [4.78, 5) is 19.0. The normalized spacial score (nSPS) is 24.4. The van der Waals surface area contributed by atoms with Crippen LogP contribution in [0.4, 0.5) is 16.2 Å². The van der Waals surface area contributed by atoms with Gasteiger partial charge in [-0.1, -0.05) is 12.1 Å². The van der Waals surface area contributed by atoms with E-state index < -0.39 is 6.10 Å². The standard InChI is InChI=1S/C18H28N4O3/c1-3-22(16-12-25-13-17(16)23)18(24)19-14-6-4-5-7-15(14)21-10-8-20(2)9-11-21/h4-7,16-17,23H,3,8-13H2,1-2H3,(H,19,24)/t16-,17-/m1/s1. The molecule has 2 saturated heterocycles. The molecule has 2 amide bonds. The first-order valence-electron chi connectivity index (χ1n) is 8.96. The fourth-order valence-corrected chi connectivity index (χ4v) is 3.45. The number of urea groups is 1. The van der Waals surface area contributed by atoms with Crippen molar-refractivity contribution in [3.05, 3.63) is 24.3 Å². The largest absolute Gasteiger partial charge is 0.388 e. The van der Waals surface area contributed by atoms with Gasteiger partial charge in [0.15, 0.2) is 0 Å². The van der Waals surface area contributed by atoms with Gasteiger partial charge in [-0.3, -0.25) is 0 Å². The van der Waals surface area contributed by atoms with Crippen molar-refractivity contribution in [1.82, 2.24) is 9.80 Å². The summed E-state index contributed by atoms with van der Waals surface area (Å²) < 4.78 is 5.30. The van der Waals surface area contributed by atoms with Gasteiger partial charge in [-0.05, 0) is 26.1 Å². The average Bonchev–Trinajstić information content (AvgIpc) is 3.03. The molecule has 2 N–H and O–H groups in total. The number of carbonyl (C=O) groups is 1. The highest BCUT2D eigenvalue weighted by Gasteiger charge is 2.34. The Balaban J connectivity index is 1.72. The van der Waals surface area contributed by atoms with Crippen LogP contribution in [0.15, 0.2) is 24.3 Å². The molecule has 2 aliphatic rings. The Morgan fingerprint density at radius 3 is 2.64 bits per heavy atom. The first kappa shape index (κ1) is 18.0. The maximum Gasteiger partial charge on any atom is 0.322 e. The number of rotatable bonds is 4. The van der Waals surface area contributed by atoms with Crippen molar-refractivity contribution in [3.63, 3.8) is 0 Å². The van der Waals surface area contributed by atoms with Gasteiger partial charge in [0.25, 0.3) is 0 Å². The van der Waals surface area contributed by atoms with Gasteiger partial charge in [-0.25, -0.2) is 4.79 Å². The molecule has 0 bridgehead atoms. The van der Waals surface area contributed by atoms with Crippen LogP contribution in [0, 0.1) is 0 Å². The van der Waals surface area contributed by atoms with Gasteiger partial charge in [0.05, 0.1) is 36.7 Å². The molecule has 0 aliphatic carbocycles. The zero-order chi connectivity index (χ0) is 17.8. The lowest BCUT2D eigenvalue weighted by molar-refractivity contribution is 0.1000. The highest BCUT2D eigenvalue weighted by atomic mass is 16.5. The zero-order valence-electron chi connectivity index (χ0n) is 15.0. The van der Waals surface area contributed by atoms with E-state index in [2.05, 4.69) is 22.2 Å². The molecule has 2 aliphatic heterocycles. The number of aliphatic hydroxyl groups is 1. The topological polar surface area (TPSA) is 68.3 Å². The van der Waals surface area contributed by atoms with Gasteiger partial charge in [0.2, 0.25) is 0 Å². The van der Waals surface area contributed by atoms with Crippen molar-refractivity contribution in [2.24, 2.45) is 0 Å². The third-order valence-corrected chi connectivity index (χ3v) is 5.01. The molecule has 2 fully saturated rings. The number of nitrogens with zero attached hydrogens (tertiary/aromatic N) is 3. The summed E-state index contributed by atoms with van der Waals surface area (Å²) in [6, 6.07) is 7.42. The smallest absolute Gasteiger partial charge is 0.322 e. The summed E-state index contributed by atoms with van der Waals surface area (Å²) in [6.07, 6.45) is -0.626. The van der Waals surface area contributed by atoms with Crippen LogP contribution in [0.5, 0.6) is 0 Å². The molecule has 1 aromatic carbocycles. The number of hydrogen-bond acceptors (Lipinski definition) is 5. The van der Waals surface area contributed by atoms with Crippen molar-refractivity contribution >= 4 is 17.4 Å². The second-order valence-corrected chi connectivity index (χ2v) is 6.70. The van der Waals surface area contributed by atoms with Gasteiger partial charge in [-0.15, -0.1) is 0 Å². The zero-order valence-corrected chi connectivity index (χ0v) is 15.0. The lowest BCUT2D eigenvalue weighted by Crippen LogP contribution is -2.48. The Morgan fingerprint density at radius 2 is 2.00 bits per heavy atom. The molecule has 7 nitrogen and oxygen atoms in total. The molecule has 138 valence electrons. The number of carbonyl (C=O) groups excluding carboxylic acids is 1. The number of hydrogen-bond donors (Lipinski definition) is 2. The molecular formula is C18H28N4O3. The molecule has 0 unspecified atom stereocenters. The summed E-state index contributed by atoms with van der Waals surface area (Å²) in [5.74, 6) is 0. The maximum absolute atomic E-state index is 12.8. The summed E-state index contributed by atoms with van der Waals surface area (Å²) in [5.41, 5.74) is 1.85. The van der Waals surface area contributed by atoms with Crippen LogP contribution in [-0.4, -0.2) is 86.1 Å². The summed E-state index contributed by atoms with van der Waals surface area (Å²) in [7, 11) is 2.12. The highest BCUT2D eigenvalue weighted by Crippen LogP contribution is 2.27.